The zero-order valence-corrected chi connectivity index (χ0v) is 11.2. The highest BCUT2D eigenvalue weighted by atomic mass is 32.1. The number of aromatic nitrogens is 3. The third-order valence-electron chi connectivity index (χ3n) is 2.40. The van der Waals surface area contributed by atoms with Crippen molar-refractivity contribution < 1.29 is 4.74 Å². The number of nitrogens with zero attached hydrogens (tertiary/aromatic N) is 3. The molecule has 0 bridgehead atoms. The highest BCUT2D eigenvalue weighted by Gasteiger charge is 2.04. The van der Waals surface area contributed by atoms with E-state index in [1.165, 1.54) is 0 Å². The van der Waals surface area contributed by atoms with E-state index in [9.17, 15) is 0 Å². The van der Waals surface area contributed by atoms with Crippen molar-refractivity contribution in [1.82, 2.24) is 14.8 Å². The van der Waals surface area contributed by atoms with E-state index >= 15 is 0 Å². The highest BCUT2D eigenvalue weighted by Crippen LogP contribution is 2.16. The molecule has 2 heterocycles. The number of thiazole rings is 1. The lowest BCUT2D eigenvalue weighted by atomic mass is 10.4. The van der Waals surface area contributed by atoms with Crippen molar-refractivity contribution in [2.24, 2.45) is 0 Å². The first-order chi connectivity index (χ1) is 8.19. The first-order valence-corrected chi connectivity index (χ1v) is 6.67. The van der Waals surface area contributed by atoms with E-state index in [0.29, 0.717) is 12.6 Å². The van der Waals surface area contributed by atoms with Gasteiger partial charge < -0.3 is 4.74 Å². The summed E-state index contributed by atoms with van der Waals surface area (Å²) in [6.07, 6.45) is 4.64. The van der Waals surface area contributed by atoms with Crippen molar-refractivity contribution in [2.75, 3.05) is 0 Å². The first kappa shape index (κ1) is 12.1. The van der Waals surface area contributed by atoms with Gasteiger partial charge in [-0.15, -0.1) is 11.3 Å². The van der Waals surface area contributed by atoms with Crippen LogP contribution >= 0.6 is 11.3 Å². The Morgan fingerprint density at radius 3 is 2.88 bits per heavy atom. The molecule has 0 aliphatic carbocycles. The van der Waals surface area contributed by atoms with Gasteiger partial charge in [-0.25, -0.2) is 4.98 Å². The maximum Gasteiger partial charge on any atom is 0.157 e. The number of aryl methyl sites for hydroxylation is 1. The van der Waals surface area contributed by atoms with Crippen LogP contribution in [0.25, 0.3) is 0 Å². The van der Waals surface area contributed by atoms with Crippen LogP contribution in [0.15, 0.2) is 17.8 Å². The average Bonchev–Trinajstić information content (AvgIpc) is 2.95. The lowest BCUT2D eigenvalue weighted by Gasteiger charge is -2.03. The summed E-state index contributed by atoms with van der Waals surface area (Å²) >= 11 is 1.68. The molecule has 0 fully saturated rings. The molecule has 17 heavy (non-hydrogen) atoms. The van der Waals surface area contributed by atoms with Gasteiger partial charge in [-0.05, 0) is 20.3 Å². The van der Waals surface area contributed by atoms with Crippen LogP contribution in [0.4, 0.5) is 0 Å². The minimum atomic E-state index is 0.360. The molecule has 2 aromatic heterocycles. The van der Waals surface area contributed by atoms with Crippen LogP contribution in [0.1, 0.15) is 37.5 Å². The Bertz CT molecular complexity index is 476. The zero-order valence-electron chi connectivity index (χ0n) is 10.4. The zero-order chi connectivity index (χ0) is 12.3. The maximum atomic E-state index is 5.64. The van der Waals surface area contributed by atoms with Crippen LogP contribution in [0.3, 0.4) is 0 Å². The molecular weight excluding hydrogens is 234 g/mol. The predicted molar refractivity (Wildman–Crippen MR) is 68.4 cm³/mol. The topological polar surface area (TPSA) is 39.9 Å². The summed E-state index contributed by atoms with van der Waals surface area (Å²) in [5.41, 5.74) is 0.990. The number of ether oxygens (including phenoxy) is 1. The number of rotatable bonds is 5. The van der Waals surface area contributed by atoms with Crippen LogP contribution in [-0.2, 0) is 13.0 Å². The fraction of sp³-hybridized carbons (Fsp3) is 0.500. The van der Waals surface area contributed by atoms with E-state index in [-0.39, 0.29) is 0 Å². The number of hydrogen-bond donors (Lipinski definition) is 0. The third kappa shape index (κ3) is 3.06. The molecule has 0 amide bonds. The summed E-state index contributed by atoms with van der Waals surface area (Å²) < 4.78 is 7.52. The van der Waals surface area contributed by atoms with Crippen molar-refractivity contribution in [2.45, 2.75) is 39.8 Å². The normalized spacial score (nSPS) is 11.1. The Morgan fingerprint density at radius 2 is 2.29 bits per heavy atom. The Morgan fingerprint density at radius 1 is 1.47 bits per heavy atom. The van der Waals surface area contributed by atoms with E-state index in [0.717, 1.165) is 22.9 Å². The second-order valence-corrected chi connectivity index (χ2v) is 5.07. The lowest BCUT2D eigenvalue weighted by molar-refractivity contribution is 0.301. The molecule has 0 aliphatic heterocycles. The predicted octanol–water partition coefficient (Wildman–Crippen LogP) is 3.06. The van der Waals surface area contributed by atoms with Gasteiger partial charge in [-0.3, -0.25) is 4.68 Å². The van der Waals surface area contributed by atoms with Crippen LogP contribution in [-0.4, -0.2) is 14.8 Å². The minimum Gasteiger partial charge on any atom is -0.484 e. The van der Waals surface area contributed by atoms with E-state index in [2.05, 4.69) is 30.9 Å². The molecule has 0 saturated heterocycles. The minimum absolute atomic E-state index is 0.360. The summed E-state index contributed by atoms with van der Waals surface area (Å²) in [5, 5.41) is 7.42. The lowest BCUT2D eigenvalue weighted by Crippen LogP contribution is -2.00. The molecule has 0 saturated carbocycles. The van der Waals surface area contributed by atoms with Crippen molar-refractivity contribution in [3.8, 4) is 5.75 Å². The van der Waals surface area contributed by atoms with Gasteiger partial charge in [0.25, 0.3) is 0 Å². The molecule has 4 nitrogen and oxygen atoms in total. The van der Waals surface area contributed by atoms with Gasteiger partial charge in [-0.1, -0.05) is 6.92 Å². The van der Waals surface area contributed by atoms with Crippen molar-refractivity contribution in [3.05, 3.63) is 28.5 Å². The van der Waals surface area contributed by atoms with Gasteiger partial charge in [0.05, 0.1) is 23.1 Å². The summed E-state index contributed by atoms with van der Waals surface area (Å²) in [6.45, 7) is 6.80. The maximum absolute atomic E-state index is 5.64. The quantitative estimate of drug-likeness (QED) is 0.820. The van der Waals surface area contributed by atoms with Crippen LogP contribution < -0.4 is 4.74 Å². The molecular formula is C12H17N3OS. The fourth-order valence-corrected chi connectivity index (χ4v) is 2.14. The van der Waals surface area contributed by atoms with Gasteiger partial charge in [0.2, 0.25) is 0 Å². The van der Waals surface area contributed by atoms with Gasteiger partial charge in [0.1, 0.15) is 6.61 Å². The Balaban J connectivity index is 1.92. The van der Waals surface area contributed by atoms with Crippen molar-refractivity contribution in [3.63, 3.8) is 0 Å². The first-order valence-electron chi connectivity index (χ1n) is 5.79. The van der Waals surface area contributed by atoms with E-state index in [4.69, 9.17) is 4.74 Å². The van der Waals surface area contributed by atoms with Crippen LogP contribution in [0.2, 0.25) is 0 Å². The molecule has 2 aromatic rings. The van der Waals surface area contributed by atoms with E-state index < -0.39 is 0 Å². The Kier molecular flexibility index (Phi) is 3.78. The molecule has 0 aliphatic rings. The third-order valence-corrected chi connectivity index (χ3v) is 3.44. The summed E-state index contributed by atoms with van der Waals surface area (Å²) in [5.74, 6) is 0.796. The molecule has 0 aromatic carbocycles. The molecule has 0 N–H and O–H groups in total. The fourth-order valence-electron chi connectivity index (χ4n) is 1.41. The molecule has 92 valence electrons. The van der Waals surface area contributed by atoms with Crippen LogP contribution in [0, 0.1) is 0 Å². The SMILES string of the molecule is CCc1nc(COc2cnn(C(C)C)c2)cs1. The Hall–Kier alpha value is -1.36. The van der Waals surface area contributed by atoms with Crippen molar-refractivity contribution >= 4 is 11.3 Å². The van der Waals surface area contributed by atoms with Crippen molar-refractivity contribution in [1.29, 1.82) is 0 Å². The second kappa shape index (κ2) is 5.31. The standard InChI is InChI=1S/C12H17N3OS/c1-4-12-14-10(8-17-12)7-16-11-5-13-15(6-11)9(2)3/h5-6,8-9H,4,7H2,1-3H3. The van der Waals surface area contributed by atoms with Gasteiger partial charge in [-0.2, -0.15) is 5.10 Å². The molecule has 0 unspecified atom stereocenters. The van der Waals surface area contributed by atoms with Gasteiger partial charge in [0.15, 0.2) is 5.75 Å². The molecule has 2 rings (SSSR count). The highest BCUT2D eigenvalue weighted by molar-refractivity contribution is 7.09. The van der Waals surface area contributed by atoms with E-state index in [1.54, 1.807) is 17.5 Å². The largest absolute Gasteiger partial charge is 0.484 e. The van der Waals surface area contributed by atoms with Crippen LogP contribution in [0.5, 0.6) is 5.75 Å². The number of hydrogen-bond acceptors (Lipinski definition) is 4. The second-order valence-electron chi connectivity index (χ2n) is 4.12. The van der Waals surface area contributed by atoms with E-state index in [1.807, 2.05) is 16.3 Å². The molecule has 0 atom stereocenters. The average molecular weight is 251 g/mol. The molecule has 0 spiro atoms. The van der Waals surface area contributed by atoms with Gasteiger partial charge >= 0.3 is 0 Å². The smallest absolute Gasteiger partial charge is 0.157 e. The Labute approximate surface area is 105 Å². The monoisotopic (exact) mass is 251 g/mol. The summed E-state index contributed by atoms with van der Waals surface area (Å²) in [7, 11) is 0. The van der Waals surface area contributed by atoms with Gasteiger partial charge in [0, 0.05) is 11.4 Å². The summed E-state index contributed by atoms with van der Waals surface area (Å²) in [4.78, 5) is 4.45. The molecule has 0 radical (unpaired) electrons. The molecule has 5 heteroatoms. The summed E-state index contributed by atoms with van der Waals surface area (Å²) in [6, 6.07) is 0.360.